The van der Waals surface area contributed by atoms with E-state index in [4.69, 9.17) is 16.3 Å². The zero-order chi connectivity index (χ0) is 11.4. The molecule has 16 heavy (non-hydrogen) atoms. The molecule has 2 heterocycles. The van der Waals surface area contributed by atoms with E-state index in [0.29, 0.717) is 23.2 Å². The van der Waals surface area contributed by atoms with Crippen molar-refractivity contribution in [3.8, 4) is 11.6 Å². The predicted octanol–water partition coefficient (Wildman–Crippen LogP) is 2.22. The highest BCUT2D eigenvalue weighted by Gasteiger charge is 2.03. The molecule has 0 unspecified atom stereocenters. The molecule has 0 bridgehead atoms. The molecule has 0 amide bonds. The van der Waals surface area contributed by atoms with Crippen LogP contribution in [0.3, 0.4) is 0 Å². The van der Waals surface area contributed by atoms with Gasteiger partial charge in [0, 0.05) is 12.7 Å². The first-order valence-electron chi connectivity index (χ1n) is 4.89. The minimum Gasteiger partial charge on any atom is -0.434 e. The maximum absolute atomic E-state index is 5.65. The predicted molar refractivity (Wildman–Crippen MR) is 59.6 cm³/mol. The van der Waals surface area contributed by atoms with Gasteiger partial charge in [-0.3, -0.25) is 9.67 Å². The van der Waals surface area contributed by atoms with Gasteiger partial charge < -0.3 is 4.74 Å². The van der Waals surface area contributed by atoms with Crippen molar-refractivity contribution in [3.63, 3.8) is 0 Å². The Balaban J connectivity index is 2.13. The summed E-state index contributed by atoms with van der Waals surface area (Å²) in [6, 6.07) is 0. The van der Waals surface area contributed by atoms with E-state index in [2.05, 4.69) is 15.1 Å². The minimum atomic E-state index is 0.318. The Hall–Kier alpha value is -1.62. The van der Waals surface area contributed by atoms with Crippen molar-refractivity contribution >= 4 is 11.6 Å². The standard InChI is InChI=1S/C10H11ClN4O/c1-2-15-7-9(5-13-15)16-10-6-12-4-8(3-11)14-10/h4-7H,2-3H2,1H3. The third kappa shape index (κ3) is 2.49. The van der Waals surface area contributed by atoms with E-state index in [1.165, 1.54) is 0 Å². The summed E-state index contributed by atoms with van der Waals surface area (Å²) in [7, 11) is 0. The second-order valence-electron chi connectivity index (χ2n) is 3.12. The number of aromatic nitrogens is 4. The molecule has 0 aliphatic heterocycles. The number of hydrogen-bond donors (Lipinski definition) is 0. The molecule has 84 valence electrons. The first-order chi connectivity index (χ1) is 7.81. The fourth-order valence-corrected chi connectivity index (χ4v) is 1.32. The molecule has 2 rings (SSSR count). The summed E-state index contributed by atoms with van der Waals surface area (Å²) in [5.74, 6) is 1.38. The summed E-state index contributed by atoms with van der Waals surface area (Å²) in [4.78, 5) is 8.15. The van der Waals surface area contributed by atoms with Gasteiger partial charge >= 0.3 is 0 Å². The van der Waals surface area contributed by atoms with E-state index in [1.54, 1.807) is 29.5 Å². The monoisotopic (exact) mass is 238 g/mol. The van der Waals surface area contributed by atoms with Gasteiger partial charge in [0.1, 0.15) is 0 Å². The van der Waals surface area contributed by atoms with Gasteiger partial charge in [-0.2, -0.15) is 5.10 Å². The highest BCUT2D eigenvalue weighted by Crippen LogP contribution is 2.17. The molecule has 0 saturated carbocycles. The summed E-state index contributed by atoms with van der Waals surface area (Å²) in [6.07, 6.45) is 6.59. The number of alkyl halides is 1. The summed E-state index contributed by atoms with van der Waals surface area (Å²) in [5.41, 5.74) is 0.682. The average molecular weight is 239 g/mol. The highest BCUT2D eigenvalue weighted by atomic mass is 35.5. The Labute approximate surface area is 98.0 Å². The molecule has 2 aromatic rings. The fraction of sp³-hybridized carbons (Fsp3) is 0.300. The second-order valence-corrected chi connectivity index (χ2v) is 3.38. The van der Waals surface area contributed by atoms with Crippen LogP contribution in [0.4, 0.5) is 0 Å². The fourth-order valence-electron chi connectivity index (χ4n) is 1.19. The smallest absolute Gasteiger partial charge is 0.238 e. The van der Waals surface area contributed by atoms with E-state index in [-0.39, 0.29) is 0 Å². The molecule has 2 aromatic heterocycles. The van der Waals surface area contributed by atoms with Crippen LogP contribution in [0.1, 0.15) is 12.6 Å². The average Bonchev–Trinajstić information content (AvgIpc) is 2.77. The lowest BCUT2D eigenvalue weighted by Crippen LogP contribution is -1.93. The van der Waals surface area contributed by atoms with E-state index in [1.807, 2.05) is 6.92 Å². The lowest BCUT2D eigenvalue weighted by atomic mass is 10.5. The van der Waals surface area contributed by atoms with Crippen LogP contribution < -0.4 is 4.74 Å². The summed E-state index contributed by atoms with van der Waals surface area (Å²) in [6.45, 7) is 2.81. The molecule has 0 aromatic carbocycles. The normalized spacial score (nSPS) is 10.4. The largest absolute Gasteiger partial charge is 0.434 e. The molecule has 0 aliphatic rings. The van der Waals surface area contributed by atoms with Gasteiger partial charge in [-0.1, -0.05) is 0 Å². The van der Waals surface area contributed by atoms with Gasteiger partial charge in [0.25, 0.3) is 0 Å². The Morgan fingerprint density at radius 1 is 1.38 bits per heavy atom. The number of nitrogens with zero attached hydrogens (tertiary/aromatic N) is 4. The maximum Gasteiger partial charge on any atom is 0.238 e. The molecule has 0 atom stereocenters. The van der Waals surface area contributed by atoms with Gasteiger partial charge in [0.05, 0.1) is 30.2 Å². The number of rotatable bonds is 4. The topological polar surface area (TPSA) is 52.8 Å². The van der Waals surface area contributed by atoms with Crippen molar-refractivity contribution in [2.75, 3.05) is 0 Å². The first-order valence-corrected chi connectivity index (χ1v) is 5.42. The zero-order valence-corrected chi connectivity index (χ0v) is 9.55. The van der Waals surface area contributed by atoms with Crippen molar-refractivity contribution in [1.29, 1.82) is 0 Å². The molecule has 0 N–H and O–H groups in total. The van der Waals surface area contributed by atoms with E-state index >= 15 is 0 Å². The van der Waals surface area contributed by atoms with Crippen LogP contribution >= 0.6 is 11.6 Å². The number of ether oxygens (including phenoxy) is 1. The van der Waals surface area contributed by atoms with Crippen LogP contribution in [0.15, 0.2) is 24.8 Å². The van der Waals surface area contributed by atoms with Crippen LogP contribution in [0.2, 0.25) is 0 Å². The molecule has 0 saturated heterocycles. The molecular formula is C10H11ClN4O. The summed E-state index contributed by atoms with van der Waals surface area (Å²) >= 11 is 5.65. The first kappa shape index (κ1) is 10.9. The SMILES string of the molecule is CCn1cc(Oc2cncc(CCl)n2)cn1. The zero-order valence-electron chi connectivity index (χ0n) is 8.80. The van der Waals surface area contributed by atoms with Gasteiger partial charge in [-0.15, -0.1) is 11.6 Å². The Morgan fingerprint density at radius 2 is 2.25 bits per heavy atom. The third-order valence-corrected chi connectivity index (χ3v) is 2.23. The van der Waals surface area contributed by atoms with Crippen LogP contribution in [-0.4, -0.2) is 19.7 Å². The number of hydrogen-bond acceptors (Lipinski definition) is 4. The number of aryl methyl sites for hydroxylation is 1. The Kier molecular flexibility index (Phi) is 3.36. The van der Waals surface area contributed by atoms with Crippen molar-refractivity contribution in [1.82, 2.24) is 19.7 Å². The molecule has 5 nitrogen and oxygen atoms in total. The summed E-state index contributed by atoms with van der Waals surface area (Å²) < 4.78 is 7.26. The van der Waals surface area contributed by atoms with Crippen LogP contribution in [0.25, 0.3) is 0 Å². The third-order valence-electron chi connectivity index (χ3n) is 1.96. The molecule has 0 spiro atoms. The lowest BCUT2D eigenvalue weighted by Gasteiger charge is -2.01. The Morgan fingerprint density at radius 3 is 2.94 bits per heavy atom. The second kappa shape index (κ2) is 4.94. The molecule has 0 aliphatic carbocycles. The summed E-state index contributed by atoms with van der Waals surface area (Å²) in [5, 5.41) is 4.09. The van der Waals surface area contributed by atoms with Gasteiger partial charge in [0.15, 0.2) is 5.75 Å². The van der Waals surface area contributed by atoms with Gasteiger partial charge in [0.2, 0.25) is 5.88 Å². The van der Waals surface area contributed by atoms with Gasteiger partial charge in [-0.25, -0.2) is 4.98 Å². The van der Waals surface area contributed by atoms with Gasteiger partial charge in [-0.05, 0) is 6.92 Å². The van der Waals surface area contributed by atoms with Crippen LogP contribution in [0, 0.1) is 0 Å². The minimum absolute atomic E-state index is 0.318. The van der Waals surface area contributed by atoms with E-state index in [9.17, 15) is 0 Å². The van der Waals surface area contributed by atoms with Crippen LogP contribution in [0.5, 0.6) is 11.6 Å². The van der Waals surface area contributed by atoms with Crippen molar-refractivity contribution in [2.45, 2.75) is 19.3 Å². The molecule has 0 fully saturated rings. The van der Waals surface area contributed by atoms with Crippen molar-refractivity contribution < 1.29 is 4.74 Å². The quantitative estimate of drug-likeness (QED) is 0.767. The number of halogens is 1. The van der Waals surface area contributed by atoms with E-state index in [0.717, 1.165) is 6.54 Å². The molecular weight excluding hydrogens is 228 g/mol. The highest BCUT2D eigenvalue weighted by molar-refractivity contribution is 6.16. The molecule has 0 radical (unpaired) electrons. The lowest BCUT2D eigenvalue weighted by molar-refractivity contribution is 0.457. The van der Waals surface area contributed by atoms with E-state index < -0.39 is 0 Å². The van der Waals surface area contributed by atoms with Crippen LogP contribution in [-0.2, 0) is 12.4 Å². The van der Waals surface area contributed by atoms with Crippen molar-refractivity contribution in [3.05, 3.63) is 30.5 Å². The molecule has 6 heteroatoms. The Bertz CT molecular complexity index is 471. The maximum atomic E-state index is 5.65. The van der Waals surface area contributed by atoms with Crippen molar-refractivity contribution in [2.24, 2.45) is 0 Å².